The summed E-state index contributed by atoms with van der Waals surface area (Å²) in [6, 6.07) is 4.52. The summed E-state index contributed by atoms with van der Waals surface area (Å²) >= 11 is 0. The number of benzene rings is 1. The van der Waals surface area contributed by atoms with Crippen LogP contribution >= 0.6 is 10.7 Å². The molecular formula is C10H9ClO4S. The molecule has 0 amide bonds. The molecule has 2 rings (SSSR count). The summed E-state index contributed by atoms with van der Waals surface area (Å²) in [4.78, 5) is -0.000633. The number of fused-ring (bicyclic) bond motifs is 1. The second kappa shape index (κ2) is 3.68. The quantitative estimate of drug-likeness (QED) is 0.779. The van der Waals surface area contributed by atoms with E-state index in [1.807, 2.05) is 0 Å². The lowest BCUT2D eigenvalue weighted by molar-refractivity contribution is 0.407. The van der Waals surface area contributed by atoms with E-state index < -0.39 is 9.05 Å². The summed E-state index contributed by atoms with van der Waals surface area (Å²) in [5, 5.41) is 0.649. The normalized spacial score (nSPS) is 11.9. The SMILES string of the molecule is COc1cc(S(=O)(=O)Cl)cc2cc(C)oc12. The van der Waals surface area contributed by atoms with E-state index >= 15 is 0 Å². The Morgan fingerprint density at radius 2 is 2.00 bits per heavy atom. The molecule has 0 radical (unpaired) electrons. The first-order valence-electron chi connectivity index (χ1n) is 4.44. The van der Waals surface area contributed by atoms with Crippen LogP contribution in [0.4, 0.5) is 0 Å². The Bertz CT molecular complexity index is 642. The van der Waals surface area contributed by atoms with E-state index in [9.17, 15) is 8.42 Å². The van der Waals surface area contributed by atoms with Crippen molar-refractivity contribution in [2.24, 2.45) is 0 Å². The topological polar surface area (TPSA) is 56.5 Å². The molecule has 0 unspecified atom stereocenters. The van der Waals surface area contributed by atoms with E-state index in [1.165, 1.54) is 19.2 Å². The summed E-state index contributed by atoms with van der Waals surface area (Å²) in [5.74, 6) is 1.03. The molecule has 4 nitrogen and oxygen atoms in total. The molecule has 0 atom stereocenters. The van der Waals surface area contributed by atoms with Gasteiger partial charge in [0.1, 0.15) is 5.76 Å². The number of aryl methyl sites for hydroxylation is 1. The summed E-state index contributed by atoms with van der Waals surface area (Å²) in [5.41, 5.74) is 0.518. The van der Waals surface area contributed by atoms with Crippen LogP contribution in [0.25, 0.3) is 11.0 Å². The highest BCUT2D eigenvalue weighted by Crippen LogP contribution is 2.32. The maximum atomic E-state index is 11.2. The van der Waals surface area contributed by atoms with Gasteiger partial charge in [-0.25, -0.2) is 8.42 Å². The average molecular weight is 261 g/mol. The molecule has 0 N–H and O–H groups in total. The second-order valence-electron chi connectivity index (χ2n) is 3.34. The Balaban J connectivity index is 2.82. The highest BCUT2D eigenvalue weighted by atomic mass is 35.7. The van der Waals surface area contributed by atoms with Crippen LogP contribution in [-0.2, 0) is 9.05 Å². The van der Waals surface area contributed by atoms with Crippen molar-refractivity contribution in [3.8, 4) is 5.75 Å². The summed E-state index contributed by atoms with van der Waals surface area (Å²) in [6.45, 7) is 1.77. The number of furan rings is 1. The van der Waals surface area contributed by atoms with Gasteiger partial charge in [-0.3, -0.25) is 0 Å². The van der Waals surface area contributed by atoms with E-state index in [-0.39, 0.29) is 4.90 Å². The van der Waals surface area contributed by atoms with Gasteiger partial charge in [0.2, 0.25) is 0 Å². The minimum Gasteiger partial charge on any atom is -0.493 e. The van der Waals surface area contributed by atoms with Crippen molar-refractivity contribution in [3.05, 3.63) is 24.0 Å². The fourth-order valence-electron chi connectivity index (χ4n) is 1.52. The lowest BCUT2D eigenvalue weighted by Crippen LogP contribution is -1.92. The maximum Gasteiger partial charge on any atom is 0.261 e. The third-order valence-corrected chi connectivity index (χ3v) is 3.51. The van der Waals surface area contributed by atoms with E-state index in [2.05, 4.69) is 0 Å². The molecule has 0 spiro atoms. The van der Waals surface area contributed by atoms with Crippen LogP contribution in [0.3, 0.4) is 0 Å². The van der Waals surface area contributed by atoms with Crippen molar-refractivity contribution in [1.29, 1.82) is 0 Å². The van der Waals surface area contributed by atoms with Crippen molar-refractivity contribution in [3.63, 3.8) is 0 Å². The molecular weight excluding hydrogens is 252 g/mol. The van der Waals surface area contributed by atoms with E-state index in [0.717, 1.165) is 0 Å². The van der Waals surface area contributed by atoms with Crippen LogP contribution in [0.5, 0.6) is 5.75 Å². The number of rotatable bonds is 2. The smallest absolute Gasteiger partial charge is 0.261 e. The van der Waals surface area contributed by atoms with Gasteiger partial charge in [-0.2, -0.15) is 0 Å². The van der Waals surface area contributed by atoms with E-state index in [0.29, 0.717) is 22.5 Å². The van der Waals surface area contributed by atoms with Gasteiger partial charge in [0.15, 0.2) is 11.3 Å². The molecule has 0 fully saturated rings. The molecule has 0 saturated carbocycles. The van der Waals surface area contributed by atoms with Gasteiger partial charge in [-0.15, -0.1) is 0 Å². The molecule has 1 heterocycles. The number of ether oxygens (including phenoxy) is 1. The summed E-state index contributed by atoms with van der Waals surface area (Å²) < 4.78 is 32.9. The predicted molar refractivity (Wildman–Crippen MR) is 60.5 cm³/mol. The Labute approximate surface area is 97.2 Å². The molecule has 1 aromatic heterocycles. The van der Waals surface area contributed by atoms with Gasteiger partial charge in [0.05, 0.1) is 12.0 Å². The fourth-order valence-corrected chi connectivity index (χ4v) is 2.30. The van der Waals surface area contributed by atoms with Crippen LogP contribution in [0.1, 0.15) is 5.76 Å². The van der Waals surface area contributed by atoms with Gasteiger partial charge < -0.3 is 9.15 Å². The van der Waals surface area contributed by atoms with Gasteiger partial charge >= 0.3 is 0 Å². The second-order valence-corrected chi connectivity index (χ2v) is 5.90. The average Bonchev–Trinajstić information content (AvgIpc) is 2.54. The lowest BCUT2D eigenvalue weighted by Gasteiger charge is -2.02. The van der Waals surface area contributed by atoms with Crippen LogP contribution in [0.2, 0.25) is 0 Å². The minimum absolute atomic E-state index is 0.000633. The van der Waals surface area contributed by atoms with Crippen molar-refractivity contribution in [1.82, 2.24) is 0 Å². The van der Waals surface area contributed by atoms with Crippen molar-refractivity contribution in [2.45, 2.75) is 11.8 Å². The standard InChI is InChI=1S/C10H9ClO4S/c1-6-3-7-4-8(16(11,12)13)5-9(14-2)10(7)15-6/h3-5H,1-2H3. The van der Waals surface area contributed by atoms with Crippen LogP contribution in [0, 0.1) is 6.92 Å². The van der Waals surface area contributed by atoms with Gasteiger partial charge in [0.25, 0.3) is 9.05 Å². The molecule has 0 aliphatic heterocycles. The molecule has 86 valence electrons. The van der Waals surface area contributed by atoms with Crippen LogP contribution in [0.15, 0.2) is 27.5 Å². The Morgan fingerprint density at radius 1 is 1.31 bits per heavy atom. The Kier molecular flexibility index (Phi) is 2.59. The molecule has 6 heteroatoms. The molecule has 0 saturated heterocycles. The molecule has 1 aromatic carbocycles. The predicted octanol–water partition coefficient (Wildman–Crippen LogP) is 2.68. The largest absolute Gasteiger partial charge is 0.493 e. The Morgan fingerprint density at radius 3 is 2.56 bits per heavy atom. The molecule has 0 aliphatic rings. The number of methoxy groups -OCH3 is 1. The van der Waals surface area contributed by atoms with Gasteiger partial charge in [-0.05, 0) is 19.1 Å². The summed E-state index contributed by atoms with van der Waals surface area (Å²) in [6.07, 6.45) is 0. The van der Waals surface area contributed by atoms with E-state index in [4.69, 9.17) is 19.8 Å². The Hall–Kier alpha value is -1.20. The monoisotopic (exact) mass is 260 g/mol. The molecule has 0 bridgehead atoms. The molecule has 0 aliphatic carbocycles. The lowest BCUT2D eigenvalue weighted by atomic mass is 10.2. The third-order valence-electron chi connectivity index (χ3n) is 2.18. The maximum absolute atomic E-state index is 11.2. The van der Waals surface area contributed by atoms with Crippen LogP contribution < -0.4 is 4.74 Å². The fraction of sp³-hybridized carbons (Fsp3) is 0.200. The first-order chi connectivity index (χ1) is 7.41. The minimum atomic E-state index is -3.77. The van der Waals surface area contributed by atoms with E-state index in [1.54, 1.807) is 13.0 Å². The summed E-state index contributed by atoms with van der Waals surface area (Å²) in [7, 11) is 2.96. The van der Waals surface area contributed by atoms with Gasteiger partial charge in [-0.1, -0.05) is 0 Å². The number of hydrogen-bond donors (Lipinski definition) is 0. The third kappa shape index (κ3) is 1.88. The van der Waals surface area contributed by atoms with Crippen molar-refractivity contribution in [2.75, 3.05) is 7.11 Å². The highest BCUT2D eigenvalue weighted by molar-refractivity contribution is 8.13. The number of hydrogen-bond acceptors (Lipinski definition) is 4. The number of halogens is 1. The zero-order valence-electron chi connectivity index (χ0n) is 8.65. The van der Waals surface area contributed by atoms with Gasteiger partial charge in [0, 0.05) is 22.1 Å². The van der Waals surface area contributed by atoms with Crippen molar-refractivity contribution >= 4 is 30.7 Å². The molecule has 16 heavy (non-hydrogen) atoms. The van der Waals surface area contributed by atoms with Crippen molar-refractivity contribution < 1.29 is 17.6 Å². The first kappa shape index (κ1) is 11.3. The zero-order valence-corrected chi connectivity index (χ0v) is 10.2. The van der Waals surface area contributed by atoms with Crippen LogP contribution in [-0.4, -0.2) is 15.5 Å². The highest BCUT2D eigenvalue weighted by Gasteiger charge is 2.16. The first-order valence-corrected chi connectivity index (χ1v) is 6.75. The zero-order chi connectivity index (χ0) is 11.9. The molecule has 2 aromatic rings.